The molecule has 0 aromatic heterocycles. The van der Waals surface area contributed by atoms with Crippen molar-refractivity contribution >= 4 is 6.41 Å². The lowest BCUT2D eigenvalue weighted by Gasteiger charge is -1.96. The Kier molecular flexibility index (Phi) is 7.84. The SMILES string of the molecule is COC.O=CNCc1ccccc1. The van der Waals surface area contributed by atoms with Gasteiger partial charge in [0, 0.05) is 20.8 Å². The highest BCUT2D eigenvalue weighted by molar-refractivity contribution is 5.46. The summed E-state index contributed by atoms with van der Waals surface area (Å²) in [7, 11) is 3.25. The normalized spacial score (nSPS) is 8.15. The van der Waals surface area contributed by atoms with E-state index in [0.29, 0.717) is 13.0 Å². The Bertz CT molecular complexity index is 211. The van der Waals surface area contributed by atoms with Crippen molar-refractivity contribution in [2.24, 2.45) is 0 Å². The Morgan fingerprint density at radius 3 is 2.31 bits per heavy atom. The first-order valence-electron chi connectivity index (χ1n) is 3.96. The van der Waals surface area contributed by atoms with Crippen molar-refractivity contribution in [3.63, 3.8) is 0 Å². The summed E-state index contributed by atoms with van der Waals surface area (Å²) in [5.74, 6) is 0. The van der Waals surface area contributed by atoms with Gasteiger partial charge in [0.15, 0.2) is 0 Å². The molecule has 0 unspecified atom stereocenters. The summed E-state index contributed by atoms with van der Waals surface area (Å²) in [6.45, 7) is 0.615. The van der Waals surface area contributed by atoms with Crippen molar-refractivity contribution in [1.82, 2.24) is 5.32 Å². The van der Waals surface area contributed by atoms with Gasteiger partial charge in [-0.25, -0.2) is 0 Å². The average molecular weight is 181 g/mol. The number of benzene rings is 1. The molecule has 0 saturated carbocycles. The third kappa shape index (κ3) is 7.03. The average Bonchev–Trinajstić information content (AvgIpc) is 2.18. The summed E-state index contributed by atoms with van der Waals surface area (Å²) in [6.07, 6.45) is 0.701. The molecule has 0 fully saturated rings. The molecule has 0 bridgehead atoms. The van der Waals surface area contributed by atoms with Crippen LogP contribution >= 0.6 is 0 Å². The van der Waals surface area contributed by atoms with Crippen molar-refractivity contribution < 1.29 is 9.53 Å². The first-order valence-corrected chi connectivity index (χ1v) is 3.96. The first kappa shape index (κ1) is 11.6. The van der Waals surface area contributed by atoms with Gasteiger partial charge < -0.3 is 10.1 Å². The molecule has 3 nitrogen and oxygen atoms in total. The maximum absolute atomic E-state index is 9.87. The number of nitrogens with one attached hydrogen (secondary N) is 1. The number of hydrogen-bond acceptors (Lipinski definition) is 2. The fraction of sp³-hybridized carbons (Fsp3) is 0.300. The van der Waals surface area contributed by atoms with E-state index in [1.54, 1.807) is 14.2 Å². The molecule has 0 heterocycles. The molecule has 13 heavy (non-hydrogen) atoms. The highest BCUT2D eigenvalue weighted by atomic mass is 16.4. The first-order chi connectivity index (χ1) is 6.35. The zero-order chi connectivity index (χ0) is 9.94. The Labute approximate surface area is 78.7 Å². The van der Waals surface area contributed by atoms with Gasteiger partial charge in [-0.05, 0) is 5.56 Å². The van der Waals surface area contributed by atoms with Crippen LogP contribution in [0.4, 0.5) is 0 Å². The van der Waals surface area contributed by atoms with Crippen LogP contribution in [-0.4, -0.2) is 20.6 Å². The van der Waals surface area contributed by atoms with Crippen LogP contribution in [0.1, 0.15) is 5.56 Å². The van der Waals surface area contributed by atoms with Gasteiger partial charge in [0.25, 0.3) is 0 Å². The van der Waals surface area contributed by atoms with E-state index < -0.39 is 0 Å². The predicted molar refractivity (Wildman–Crippen MR) is 52.3 cm³/mol. The third-order valence-electron chi connectivity index (χ3n) is 1.23. The summed E-state index contributed by atoms with van der Waals surface area (Å²) in [5.41, 5.74) is 1.12. The molecular weight excluding hydrogens is 166 g/mol. The van der Waals surface area contributed by atoms with Gasteiger partial charge in [-0.2, -0.15) is 0 Å². The van der Waals surface area contributed by atoms with Crippen molar-refractivity contribution in [2.75, 3.05) is 14.2 Å². The van der Waals surface area contributed by atoms with E-state index >= 15 is 0 Å². The molecular formula is C10H15NO2. The second-order valence-electron chi connectivity index (χ2n) is 2.39. The molecule has 0 radical (unpaired) electrons. The fourth-order valence-electron chi connectivity index (χ4n) is 0.755. The third-order valence-corrected chi connectivity index (χ3v) is 1.23. The van der Waals surface area contributed by atoms with Crippen LogP contribution in [0.3, 0.4) is 0 Å². The van der Waals surface area contributed by atoms with E-state index in [-0.39, 0.29) is 0 Å². The Morgan fingerprint density at radius 2 is 1.85 bits per heavy atom. The molecule has 1 rings (SSSR count). The van der Waals surface area contributed by atoms with E-state index in [9.17, 15) is 4.79 Å². The molecule has 1 amide bonds. The van der Waals surface area contributed by atoms with Crippen molar-refractivity contribution in [3.05, 3.63) is 35.9 Å². The highest BCUT2D eigenvalue weighted by Gasteiger charge is 1.85. The van der Waals surface area contributed by atoms with Crippen LogP contribution in [0.2, 0.25) is 0 Å². The van der Waals surface area contributed by atoms with Crippen LogP contribution in [0.25, 0.3) is 0 Å². The van der Waals surface area contributed by atoms with Gasteiger partial charge in [-0.3, -0.25) is 4.79 Å². The standard InChI is InChI=1S/C8H9NO.C2H6O/c10-7-9-6-8-4-2-1-3-5-8;1-3-2/h1-5,7H,6H2,(H,9,10);1-2H3. The van der Waals surface area contributed by atoms with Crippen molar-refractivity contribution in [1.29, 1.82) is 0 Å². The molecule has 1 aromatic rings. The molecule has 0 atom stereocenters. The summed E-state index contributed by atoms with van der Waals surface area (Å²) in [6, 6.07) is 9.78. The smallest absolute Gasteiger partial charge is 0.207 e. The number of hydrogen-bond donors (Lipinski definition) is 1. The quantitative estimate of drug-likeness (QED) is 0.711. The second kappa shape index (κ2) is 8.74. The lowest BCUT2D eigenvalue weighted by molar-refractivity contribution is -0.109. The van der Waals surface area contributed by atoms with Gasteiger partial charge in [-0.1, -0.05) is 30.3 Å². The number of methoxy groups -OCH3 is 1. The fourth-order valence-corrected chi connectivity index (χ4v) is 0.755. The lowest BCUT2D eigenvalue weighted by Crippen LogP contribution is -2.09. The molecule has 1 N–H and O–H groups in total. The lowest BCUT2D eigenvalue weighted by atomic mass is 10.2. The van der Waals surface area contributed by atoms with Crippen molar-refractivity contribution in [2.45, 2.75) is 6.54 Å². The molecule has 3 heteroatoms. The van der Waals surface area contributed by atoms with Crippen LogP contribution in [-0.2, 0) is 16.1 Å². The minimum atomic E-state index is 0.615. The maximum atomic E-state index is 9.87. The van der Waals surface area contributed by atoms with E-state index in [4.69, 9.17) is 0 Å². The highest BCUT2D eigenvalue weighted by Crippen LogP contribution is 1.95. The molecule has 0 saturated heterocycles. The predicted octanol–water partition coefficient (Wildman–Crippen LogP) is 1.20. The van der Waals surface area contributed by atoms with Crippen LogP contribution in [0, 0.1) is 0 Å². The van der Waals surface area contributed by atoms with E-state index in [2.05, 4.69) is 10.1 Å². The molecule has 1 aromatic carbocycles. The Balaban J connectivity index is 0.000000424. The van der Waals surface area contributed by atoms with E-state index in [0.717, 1.165) is 5.56 Å². The maximum Gasteiger partial charge on any atom is 0.207 e. The Morgan fingerprint density at radius 1 is 1.31 bits per heavy atom. The van der Waals surface area contributed by atoms with Gasteiger partial charge in [0.1, 0.15) is 0 Å². The zero-order valence-electron chi connectivity index (χ0n) is 7.99. The van der Waals surface area contributed by atoms with Crippen LogP contribution < -0.4 is 5.32 Å². The number of amides is 1. The van der Waals surface area contributed by atoms with Crippen LogP contribution in [0.15, 0.2) is 30.3 Å². The minimum absolute atomic E-state index is 0.615. The van der Waals surface area contributed by atoms with E-state index in [1.807, 2.05) is 30.3 Å². The summed E-state index contributed by atoms with van der Waals surface area (Å²) < 4.78 is 4.25. The molecule has 0 aliphatic carbocycles. The number of ether oxygens (including phenoxy) is 1. The van der Waals surface area contributed by atoms with Crippen LogP contribution in [0.5, 0.6) is 0 Å². The Hall–Kier alpha value is -1.35. The van der Waals surface area contributed by atoms with Gasteiger partial charge in [0.2, 0.25) is 6.41 Å². The van der Waals surface area contributed by atoms with Crippen molar-refractivity contribution in [3.8, 4) is 0 Å². The molecule has 72 valence electrons. The monoisotopic (exact) mass is 181 g/mol. The number of carbonyl (C=O) groups is 1. The zero-order valence-corrected chi connectivity index (χ0v) is 7.99. The second-order valence-corrected chi connectivity index (χ2v) is 2.39. The summed E-state index contributed by atoms with van der Waals surface area (Å²) >= 11 is 0. The summed E-state index contributed by atoms with van der Waals surface area (Å²) in [5, 5.41) is 2.58. The number of carbonyl (C=O) groups excluding carboxylic acids is 1. The van der Waals surface area contributed by atoms with Gasteiger partial charge in [0.05, 0.1) is 0 Å². The molecule has 0 aliphatic heterocycles. The largest absolute Gasteiger partial charge is 0.388 e. The minimum Gasteiger partial charge on any atom is -0.388 e. The molecule has 0 spiro atoms. The topological polar surface area (TPSA) is 38.3 Å². The molecule has 0 aliphatic rings. The van der Waals surface area contributed by atoms with E-state index in [1.165, 1.54) is 0 Å². The van der Waals surface area contributed by atoms with Gasteiger partial charge in [-0.15, -0.1) is 0 Å². The summed E-state index contributed by atoms with van der Waals surface area (Å²) in [4.78, 5) is 9.87. The van der Waals surface area contributed by atoms with Gasteiger partial charge >= 0.3 is 0 Å². The number of rotatable bonds is 3.